The van der Waals surface area contributed by atoms with E-state index in [4.69, 9.17) is 4.74 Å². The van der Waals surface area contributed by atoms with E-state index in [1.165, 1.54) is 0 Å². The Morgan fingerprint density at radius 3 is 2.65 bits per heavy atom. The molecule has 0 unspecified atom stereocenters. The summed E-state index contributed by atoms with van der Waals surface area (Å²) in [5.41, 5.74) is 3.02. The van der Waals surface area contributed by atoms with Crippen LogP contribution in [0, 0.1) is 6.92 Å². The monoisotopic (exact) mass is 373 g/mol. The highest BCUT2D eigenvalue weighted by atomic mass is 79.9. The highest BCUT2D eigenvalue weighted by Gasteiger charge is 2.13. The molecule has 0 saturated carbocycles. The fourth-order valence-electron chi connectivity index (χ4n) is 2.42. The molecular weight excluding hydrogens is 354 g/mol. The average Bonchev–Trinajstić information content (AvgIpc) is 2.89. The molecule has 0 aliphatic carbocycles. The van der Waals surface area contributed by atoms with Gasteiger partial charge in [0.05, 0.1) is 5.39 Å². The Morgan fingerprint density at radius 1 is 1.13 bits per heavy atom. The molecular formula is C18H20BrN3O. The minimum atomic E-state index is 0.501. The van der Waals surface area contributed by atoms with Crippen molar-refractivity contribution in [1.82, 2.24) is 14.8 Å². The number of halogens is 1. The predicted octanol–water partition coefficient (Wildman–Crippen LogP) is 4.88. The van der Waals surface area contributed by atoms with Gasteiger partial charge in [-0.25, -0.2) is 9.67 Å². The summed E-state index contributed by atoms with van der Waals surface area (Å²) in [7, 11) is 0. The zero-order chi connectivity index (χ0) is 16.2. The topological polar surface area (TPSA) is 39.9 Å². The summed E-state index contributed by atoms with van der Waals surface area (Å²) in [6, 6.07) is 12.2. The van der Waals surface area contributed by atoms with E-state index in [9.17, 15) is 0 Å². The first-order valence-electron chi connectivity index (χ1n) is 7.89. The molecule has 0 atom stereocenters. The molecule has 3 aromatic rings. The van der Waals surface area contributed by atoms with E-state index in [2.05, 4.69) is 32.9 Å². The maximum atomic E-state index is 5.96. The lowest BCUT2D eigenvalue weighted by Gasteiger charge is -2.03. The van der Waals surface area contributed by atoms with Gasteiger partial charge in [0.15, 0.2) is 5.65 Å². The first kappa shape index (κ1) is 16.0. The van der Waals surface area contributed by atoms with Crippen molar-refractivity contribution in [1.29, 1.82) is 0 Å². The lowest BCUT2D eigenvalue weighted by atomic mass is 10.2. The second-order valence-electron chi connectivity index (χ2n) is 5.62. The number of pyridine rings is 1. The van der Waals surface area contributed by atoms with Crippen molar-refractivity contribution in [3.05, 3.63) is 52.1 Å². The van der Waals surface area contributed by atoms with Gasteiger partial charge in [-0.3, -0.25) is 0 Å². The number of hydrogen-bond donors (Lipinski definition) is 0. The van der Waals surface area contributed by atoms with Crippen LogP contribution in [0.2, 0.25) is 0 Å². The Hall–Kier alpha value is -1.88. The molecule has 0 saturated heterocycles. The molecule has 0 fully saturated rings. The van der Waals surface area contributed by atoms with Crippen LogP contribution in [-0.2, 0) is 13.2 Å². The van der Waals surface area contributed by atoms with Crippen LogP contribution >= 0.6 is 15.9 Å². The molecule has 0 aliphatic heterocycles. The van der Waals surface area contributed by atoms with Crippen molar-refractivity contribution in [3.8, 4) is 5.88 Å². The molecule has 0 aliphatic rings. The molecule has 2 heterocycles. The average molecular weight is 374 g/mol. The van der Waals surface area contributed by atoms with E-state index < -0.39 is 0 Å². The van der Waals surface area contributed by atoms with E-state index >= 15 is 0 Å². The summed E-state index contributed by atoms with van der Waals surface area (Å²) < 4.78 is 8.98. The van der Waals surface area contributed by atoms with Gasteiger partial charge < -0.3 is 4.74 Å². The lowest BCUT2D eigenvalue weighted by molar-refractivity contribution is 0.292. The number of aromatic nitrogens is 3. The van der Waals surface area contributed by atoms with E-state index in [1.807, 2.05) is 48.0 Å². The van der Waals surface area contributed by atoms with E-state index in [1.54, 1.807) is 0 Å². The molecule has 2 aromatic heterocycles. The van der Waals surface area contributed by atoms with Gasteiger partial charge in [-0.1, -0.05) is 41.4 Å². The molecule has 0 bridgehead atoms. The van der Waals surface area contributed by atoms with Gasteiger partial charge in [0.25, 0.3) is 0 Å². The van der Waals surface area contributed by atoms with Gasteiger partial charge >= 0.3 is 0 Å². The van der Waals surface area contributed by atoms with Crippen LogP contribution in [0.5, 0.6) is 5.88 Å². The van der Waals surface area contributed by atoms with E-state index in [0.29, 0.717) is 12.5 Å². The number of nitrogens with zero attached hydrogens (tertiary/aromatic N) is 3. The number of benzene rings is 1. The third kappa shape index (κ3) is 3.72. The molecule has 0 radical (unpaired) electrons. The smallest absolute Gasteiger partial charge is 0.242 e. The molecule has 1 aromatic carbocycles. The summed E-state index contributed by atoms with van der Waals surface area (Å²) >= 11 is 3.44. The van der Waals surface area contributed by atoms with Gasteiger partial charge in [0.2, 0.25) is 5.88 Å². The van der Waals surface area contributed by atoms with Crippen LogP contribution in [0.25, 0.3) is 11.0 Å². The fraction of sp³-hybridized carbons (Fsp3) is 0.333. The third-order valence-corrected chi connectivity index (χ3v) is 4.24. The van der Waals surface area contributed by atoms with Crippen LogP contribution in [0.15, 0.2) is 40.9 Å². The first-order valence-corrected chi connectivity index (χ1v) is 8.68. The SMILES string of the molecule is CCCCn1nc(OCc2ccc(Br)cc2)c2ccc(C)nc21. The molecule has 4 nitrogen and oxygen atoms in total. The van der Waals surface area contributed by atoms with Crippen LogP contribution in [-0.4, -0.2) is 14.8 Å². The van der Waals surface area contributed by atoms with E-state index in [0.717, 1.165) is 46.1 Å². The Balaban J connectivity index is 1.86. The molecule has 23 heavy (non-hydrogen) atoms. The maximum absolute atomic E-state index is 5.96. The quantitative estimate of drug-likeness (QED) is 0.617. The summed E-state index contributed by atoms with van der Waals surface area (Å²) in [6.07, 6.45) is 2.21. The number of hydrogen-bond acceptors (Lipinski definition) is 3. The number of ether oxygens (including phenoxy) is 1. The third-order valence-electron chi connectivity index (χ3n) is 3.71. The van der Waals surface area contributed by atoms with E-state index in [-0.39, 0.29) is 0 Å². The Kier molecular flexibility index (Phi) is 4.96. The summed E-state index contributed by atoms with van der Waals surface area (Å²) in [6.45, 7) is 5.54. The van der Waals surface area contributed by atoms with Crippen molar-refractivity contribution >= 4 is 27.0 Å². The number of rotatable bonds is 6. The van der Waals surface area contributed by atoms with Gasteiger partial charge in [0, 0.05) is 16.7 Å². The maximum Gasteiger partial charge on any atom is 0.242 e. The Morgan fingerprint density at radius 2 is 1.91 bits per heavy atom. The first-order chi connectivity index (χ1) is 11.2. The lowest BCUT2D eigenvalue weighted by Crippen LogP contribution is -2.02. The number of fused-ring (bicyclic) bond motifs is 1. The van der Waals surface area contributed by atoms with Crippen LogP contribution in [0.4, 0.5) is 0 Å². The van der Waals surface area contributed by atoms with Crippen LogP contribution in [0.3, 0.4) is 0 Å². The van der Waals surface area contributed by atoms with Crippen molar-refractivity contribution in [2.45, 2.75) is 39.8 Å². The van der Waals surface area contributed by atoms with Gasteiger partial charge in [-0.05, 0) is 43.2 Å². The van der Waals surface area contributed by atoms with Gasteiger partial charge in [-0.15, -0.1) is 5.10 Å². The van der Waals surface area contributed by atoms with Gasteiger partial charge in [-0.2, -0.15) is 0 Å². The normalized spacial score (nSPS) is 11.1. The molecule has 5 heteroatoms. The Bertz CT molecular complexity index is 796. The second-order valence-corrected chi connectivity index (χ2v) is 6.54. The van der Waals surface area contributed by atoms with Crippen LogP contribution < -0.4 is 4.74 Å². The minimum Gasteiger partial charge on any atom is -0.471 e. The van der Waals surface area contributed by atoms with Crippen LogP contribution in [0.1, 0.15) is 31.0 Å². The van der Waals surface area contributed by atoms with Crippen molar-refractivity contribution < 1.29 is 4.74 Å². The molecule has 0 spiro atoms. The van der Waals surface area contributed by atoms with Crippen molar-refractivity contribution in [2.24, 2.45) is 0 Å². The summed E-state index contributed by atoms with van der Waals surface area (Å²) in [4.78, 5) is 4.63. The predicted molar refractivity (Wildman–Crippen MR) is 95.6 cm³/mol. The zero-order valence-electron chi connectivity index (χ0n) is 13.4. The van der Waals surface area contributed by atoms with Gasteiger partial charge in [0.1, 0.15) is 6.61 Å². The summed E-state index contributed by atoms with van der Waals surface area (Å²) in [5, 5.41) is 5.60. The fourth-order valence-corrected chi connectivity index (χ4v) is 2.68. The number of aryl methyl sites for hydroxylation is 2. The summed E-state index contributed by atoms with van der Waals surface area (Å²) in [5.74, 6) is 0.659. The highest BCUT2D eigenvalue weighted by Crippen LogP contribution is 2.25. The second kappa shape index (κ2) is 7.13. The zero-order valence-corrected chi connectivity index (χ0v) is 15.0. The largest absolute Gasteiger partial charge is 0.471 e. The standard InChI is InChI=1S/C18H20BrN3O/c1-3-4-11-22-17-16(10-5-13(2)20-17)18(21-22)23-12-14-6-8-15(19)9-7-14/h5-10H,3-4,11-12H2,1-2H3. The molecule has 0 N–H and O–H groups in total. The Labute approximate surface area is 144 Å². The van der Waals surface area contributed by atoms with Crippen molar-refractivity contribution in [3.63, 3.8) is 0 Å². The number of unbranched alkanes of at least 4 members (excludes halogenated alkanes) is 1. The molecule has 3 rings (SSSR count). The molecule has 120 valence electrons. The highest BCUT2D eigenvalue weighted by molar-refractivity contribution is 9.10. The minimum absolute atomic E-state index is 0.501. The molecule has 0 amide bonds. The van der Waals surface area contributed by atoms with Crippen molar-refractivity contribution in [2.75, 3.05) is 0 Å².